The molecule has 2 fully saturated rings. The van der Waals surface area contributed by atoms with Crippen LogP contribution in [0.4, 0.5) is 0 Å². The third kappa shape index (κ3) is 4.26. The van der Waals surface area contributed by atoms with Gasteiger partial charge in [-0.3, -0.25) is 4.90 Å². The zero-order valence-corrected chi connectivity index (χ0v) is 10.8. The first-order chi connectivity index (χ1) is 7.74. The Morgan fingerprint density at radius 3 is 2.44 bits per heavy atom. The highest BCUT2D eigenvalue weighted by Crippen LogP contribution is 2.21. The molecule has 2 heteroatoms. The Kier molecular flexibility index (Phi) is 4.42. The van der Waals surface area contributed by atoms with E-state index in [0.29, 0.717) is 0 Å². The van der Waals surface area contributed by atoms with Crippen LogP contribution in [0.5, 0.6) is 0 Å². The molecule has 92 valence electrons. The molecule has 1 saturated carbocycles. The van der Waals surface area contributed by atoms with Crippen molar-refractivity contribution in [3.05, 3.63) is 11.6 Å². The molecule has 1 heterocycles. The fourth-order valence-electron chi connectivity index (χ4n) is 2.31. The lowest BCUT2D eigenvalue weighted by atomic mass is 9.96. The fourth-order valence-corrected chi connectivity index (χ4v) is 2.31. The van der Waals surface area contributed by atoms with Crippen molar-refractivity contribution in [3.8, 4) is 0 Å². The summed E-state index contributed by atoms with van der Waals surface area (Å²) in [7, 11) is 0. The Hall–Kier alpha value is -0.340. The minimum absolute atomic E-state index is 0.878. The molecule has 0 spiro atoms. The molecule has 16 heavy (non-hydrogen) atoms. The van der Waals surface area contributed by atoms with Gasteiger partial charge in [0.1, 0.15) is 0 Å². The molecule has 1 saturated heterocycles. The van der Waals surface area contributed by atoms with Crippen LogP contribution < -0.4 is 5.32 Å². The van der Waals surface area contributed by atoms with Gasteiger partial charge in [0, 0.05) is 12.6 Å². The standard InChI is InChI=1S/C14H26N2/c1-12(2)5-8-16-9-6-13(7-10-16)11-15-14-3-4-14/h5,13-15H,3-4,6-11H2,1-2H3. The van der Waals surface area contributed by atoms with Crippen LogP contribution in [0.3, 0.4) is 0 Å². The van der Waals surface area contributed by atoms with Crippen LogP contribution in [0.25, 0.3) is 0 Å². The second-order valence-corrected chi connectivity index (χ2v) is 5.71. The number of rotatable bonds is 5. The minimum atomic E-state index is 0.878. The molecule has 2 rings (SSSR count). The summed E-state index contributed by atoms with van der Waals surface area (Å²) < 4.78 is 0. The van der Waals surface area contributed by atoms with Crippen molar-refractivity contribution in [3.63, 3.8) is 0 Å². The number of allylic oxidation sites excluding steroid dienone is 1. The molecular formula is C14H26N2. The monoisotopic (exact) mass is 222 g/mol. The summed E-state index contributed by atoms with van der Waals surface area (Å²) in [5.41, 5.74) is 1.44. The van der Waals surface area contributed by atoms with Gasteiger partial charge in [0.05, 0.1) is 0 Å². The van der Waals surface area contributed by atoms with E-state index in [4.69, 9.17) is 0 Å². The Morgan fingerprint density at radius 1 is 1.19 bits per heavy atom. The zero-order valence-electron chi connectivity index (χ0n) is 10.8. The molecule has 1 N–H and O–H groups in total. The molecule has 0 atom stereocenters. The van der Waals surface area contributed by atoms with Gasteiger partial charge in [-0.25, -0.2) is 0 Å². The highest BCUT2D eigenvalue weighted by Gasteiger charge is 2.23. The molecule has 0 aromatic carbocycles. The summed E-state index contributed by atoms with van der Waals surface area (Å²) in [5, 5.41) is 3.66. The summed E-state index contributed by atoms with van der Waals surface area (Å²) >= 11 is 0. The quantitative estimate of drug-likeness (QED) is 0.719. The lowest BCUT2D eigenvalue weighted by Crippen LogP contribution is -2.37. The van der Waals surface area contributed by atoms with E-state index in [1.54, 1.807) is 0 Å². The van der Waals surface area contributed by atoms with Gasteiger partial charge < -0.3 is 5.32 Å². The van der Waals surface area contributed by atoms with Gasteiger partial charge in [-0.1, -0.05) is 11.6 Å². The smallest absolute Gasteiger partial charge is 0.0165 e. The van der Waals surface area contributed by atoms with Crippen LogP contribution >= 0.6 is 0 Å². The van der Waals surface area contributed by atoms with Crippen molar-refractivity contribution in [2.75, 3.05) is 26.2 Å². The second kappa shape index (κ2) is 5.83. The molecule has 0 aromatic heterocycles. The van der Waals surface area contributed by atoms with Crippen molar-refractivity contribution in [1.29, 1.82) is 0 Å². The number of hydrogen-bond donors (Lipinski definition) is 1. The fraction of sp³-hybridized carbons (Fsp3) is 0.857. The van der Waals surface area contributed by atoms with E-state index in [0.717, 1.165) is 18.5 Å². The zero-order chi connectivity index (χ0) is 11.4. The van der Waals surface area contributed by atoms with Gasteiger partial charge >= 0.3 is 0 Å². The highest BCUT2D eigenvalue weighted by atomic mass is 15.1. The second-order valence-electron chi connectivity index (χ2n) is 5.71. The Labute approximate surface area is 100 Å². The van der Waals surface area contributed by atoms with Crippen LogP contribution in [0.1, 0.15) is 39.5 Å². The van der Waals surface area contributed by atoms with E-state index in [1.165, 1.54) is 50.9 Å². The molecule has 0 bridgehead atoms. The van der Waals surface area contributed by atoms with E-state index in [2.05, 4.69) is 30.1 Å². The summed E-state index contributed by atoms with van der Waals surface area (Å²) in [6.45, 7) is 9.38. The van der Waals surface area contributed by atoms with E-state index in [-0.39, 0.29) is 0 Å². The van der Waals surface area contributed by atoms with Gasteiger partial charge in [-0.05, 0) is 65.1 Å². The number of nitrogens with zero attached hydrogens (tertiary/aromatic N) is 1. The first-order valence-corrected chi connectivity index (χ1v) is 6.83. The highest BCUT2D eigenvalue weighted by molar-refractivity contribution is 4.95. The topological polar surface area (TPSA) is 15.3 Å². The molecule has 0 radical (unpaired) electrons. The molecule has 0 amide bonds. The predicted octanol–water partition coefficient (Wildman–Crippen LogP) is 2.42. The molecular weight excluding hydrogens is 196 g/mol. The SMILES string of the molecule is CC(C)=CCN1CCC(CNC2CC2)CC1. The largest absolute Gasteiger partial charge is 0.314 e. The number of hydrogen-bond acceptors (Lipinski definition) is 2. The lowest BCUT2D eigenvalue weighted by Gasteiger charge is -2.31. The molecule has 1 aliphatic heterocycles. The average molecular weight is 222 g/mol. The van der Waals surface area contributed by atoms with Gasteiger partial charge in [-0.2, -0.15) is 0 Å². The van der Waals surface area contributed by atoms with Crippen molar-refractivity contribution < 1.29 is 0 Å². The maximum atomic E-state index is 3.66. The maximum Gasteiger partial charge on any atom is 0.0165 e. The Bertz CT molecular complexity index is 231. The average Bonchev–Trinajstić information content (AvgIpc) is 3.09. The van der Waals surface area contributed by atoms with E-state index < -0.39 is 0 Å². The minimum Gasteiger partial charge on any atom is -0.314 e. The summed E-state index contributed by atoms with van der Waals surface area (Å²) in [4.78, 5) is 2.58. The number of piperidine rings is 1. The number of nitrogens with one attached hydrogen (secondary N) is 1. The van der Waals surface area contributed by atoms with Crippen molar-refractivity contribution >= 4 is 0 Å². The maximum absolute atomic E-state index is 3.66. The first kappa shape index (κ1) is 12.1. The van der Waals surface area contributed by atoms with E-state index >= 15 is 0 Å². The molecule has 0 aromatic rings. The third-order valence-corrected chi connectivity index (χ3v) is 3.74. The Morgan fingerprint density at radius 2 is 1.88 bits per heavy atom. The number of likely N-dealkylation sites (tertiary alicyclic amines) is 1. The van der Waals surface area contributed by atoms with Crippen LogP contribution in [-0.2, 0) is 0 Å². The van der Waals surface area contributed by atoms with Crippen LogP contribution in [-0.4, -0.2) is 37.1 Å². The predicted molar refractivity (Wildman–Crippen MR) is 69.6 cm³/mol. The van der Waals surface area contributed by atoms with Gasteiger partial charge in [-0.15, -0.1) is 0 Å². The molecule has 2 nitrogen and oxygen atoms in total. The van der Waals surface area contributed by atoms with Crippen LogP contribution in [0.2, 0.25) is 0 Å². The van der Waals surface area contributed by atoms with Crippen molar-refractivity contribution in [1.82, 2.24) is 10.2 Å². The molecule has 1 aliphatic carbocycles. The lowest BCUT2D eigenvalue weighted by molar-refractivity contribution is 0.197. The van der Waals surface area contributed by atoms with Crippen LogP contribution in [0, 0.1) is 5.92 Å². The van der Waals surface area contributed by atoms with Crippen molar-refractivity contribution in [2.24, 2.45) is 5.92 Å². The third-order valence-electron chi connectivity index (χ3n) is 3.74. The van der Waals surface area contributed by atoms with Crippen molar-refractivity contribution in [2.45, 2.75) is 45.6 Å². The molecule has 0 unspecified atom stereocenters. The van der Waals surface area contributed by atoms with Crippen LogP contribution in [0.15, 0.2) is 11.6 Å². The van der Waals surface area contributed by atoms with Gasteiger partial charge in [0.15, 0.2) is 0 Å². The normalized spacial score (nSPS) is 23.4. The Balaban J connectivity index is 1.59. The summed E-state index contributed by atoms with van der Waals surface area (Å²) in [5.74, 6) is 0.934. The molecule has 2 aliphatic rings. The summed E-state index contributed by atoms with van der Waals surface area (Å²) in [6.07, 6.45) is 7.95. The summed E-state index contributed by atoms with van der Waals surface area (Å²) in [6, 6.07) is 0.878. The first-order valence-electron chi connectivity index (χ1n) is 6.83. The van der Waals surface area contributed by atoms with Gasteiger partial charge in [0.25, 0.3) is 0 Å². The van der Waals surface area contributed by atoms with E-state index in [9.17, 15) is 0 Å². The van der Waals surface area contributed by atoms with Gasteiger partial charge in [0.2, 0.25) is 0 Å². The van der Waals surface area contributed by atoms with E-state index in [1.807, 2.05) is 0 Å².